The van der Waals surface area contributed by atoms with Crippen LogP contribution in [0.15, 0.2) is 24.3 Å². The van der Waals surface area contributed by atoms with E-state index in [4.69, 9.17) is 0 Å². The molecule has 1 aromatic carbocycles. The van der Waals surface area contributed by atoms with E-state index >= 15 is 0 Å². The molecular weight excluding hydrogens is 124 g/mol. The lowest BCUT2D eigenvalue weighted by Crippen LogP contribution is -1.96. The van der Waals surface area contributed by atoms with Gasteiger partial charge in [-0.2, -0.15) is 0 Å². The summed E-state index contributed by atoms with van der Waals surface area (Å²) in [6, 6.07) is 8.54. The molecule has 1 aromatic rings. The van der Waals surface area contributed by atoms with Crippen molar-refractivity contribution in [1.29, 1.82) is 0 Å². The monoisotopic (exact) mass is 132 g/mol. The second-order valence-corrected chi connectivity index (χ2v) is 3.49. The predicted molar refractivity (Wildman–Crippen MR) is 44.3 cm³/mol. The van der Waals surface area contributed by atoms with Gasteiger partial charge in [-0.25, -0.2) is 0 Å². The van der Waals surface area contributed by atoms with Crippen molar-refractivity contribution in [3.8, 4) is 0 Å². The highest BCUT2D eigenvalue weighted by atomic mass is 28.1. The molecule has 0 aliphatic heterocycles. The van der Waals surface area contributed by atoms with Crippen LogP contribution in [0.3, 0.4) is 0 Å². The molecule has 0 fully saturated rings. The summed E-state index contributed by atoms with van der Waals surface area (Å²) in [5.41, 5.74) is 2.90. The van der Waals surface area contributed by atoms with Crippen molar-refractivity contribution in [2.45, 2.75) is 0 Å². The molecule has 0 N–H and O–H groups in total. The van der Waals surface area contributed by atoms with Crippen LogP contribution in [-0.2, 0) is 0 Å². The molecule has 44 valence electrons. The highest BCUT2D eigenvalue weighted by molar-refractivity contribution is 6.48. The van der Waals surface area contributed by atoms with Crippen molar-refractivity contribution >= 4 is 21.5 Å². The minimum absolute atomic E-state index is 1.19. The average Bonchev–Trinajstić information content (AvgIpc) is 1.86. The van der Waals surface area contributed by atoms with Crippen LogP contribution in [0, 0.1) is 0 Å². The van der Waals surface area contributed by atoms with Gasteiger partial charge in [-0.05, 0) is 11.1 Å². The third-order valence-corrected chi connectivity index (χ3v) is 2.58. The lowest BCUT2D eigenvalue weighted by Gasteiger charge is -2.15. The van der Waals surface area contributed by atoms with Crippen LogP contribution in [-0.4, -0.2) is 10.2 Å². The van der Waals surface area contributed by atoms with Gasteiger partial charge in [0.25, 0.3) is 0 Å². The maximum atomic E-state index is 2.27. The van der Waals surface area contributed by atoms with Gasteiger partial charge in [-0.15, -0.1) is 0 Å². The maximum Gasteiger partial charge on any atom is 0.0393 e. The van der Waals surface area contributed by atoms with E-state index in [9.17, 15) is 0 Å². The molecule has 1 aliphatic carbocycles. The number of hydrogen-bond donors (Lipinski definition) is 0. The predicted octanol–water partition coefficient (Wildman–Crippen LogP) is 0.863. The zero-order chi connectivity index (χ0) is 6.27. The zero-order valence-electron chi connectivity index (χ0n) is 5.39. The highest BCUT2D eigenvalue weighted by Crippen LogP contribution is 2.28. The molecule has 9 heavy (non-hydrogen) atoms. The molecule has 2 rings (SSSR count). The molecule has 0 aromatic heterocycles. The SMILES string of the molecule is [SiH3]C1=Cc2ccccc21. The van der Waals surface area contributed by atoms with Gasteiger partial charge in [-0.1, -0.05) is 35.5 Å². The minimum atomic E-state index is 1.19. The molecule has 0 nitrogen and oxygen atoms in total. The Hall–Kier alpha value is -0.823. The molecule has 1 heteroatoms. The molecule has 0 heterocycles. The minimum Gasteiger partial charge on any atom is -0.0625 e. The Kier molecular flexibility index (Phi) is 0.876. The fourth-order valence-corrected chi connectivity index (χ4v) is 1.98. The van der Waals surface area contributed by atoms with Crippen LogP contribution < -0.4 is 0 Å². The largest absolute Gasteiger partial charge is 0.0625 e. The van der Waals surface area contributed by atoms with Gasteiger partial charge in [0, 0.05) is 10.2 Å². The first-order chi connectivity index (χ1) is 4.38. The maximum absolute atomic E-state index is 2.27. The Labute approximate surface area is 57.6 Å². The summed E-state index contributed by atoms with van der Waals surface area (Å²) < 4.78 is 0. The second kappa shape index (κ2) is 1.58. The van der Waals surface area contributed by atoms with Gasteiger partial charge in [0.2, 0.25) is 0 Å². The first-order valence-corrected chi connectivity index (χ1v) is 4.15. The molecule has 0 saturated heterocycles. The normalized spacial score (nSPS) is 14.0. The van der Waals surface area contributed by atoms with Crippen molar-refractivity contribution in [2.75, 3.05) is 0 Å². The van der Waals surface area contributed by atoms with E-state index in [2.05, 4.69) is 30.3 Å². The summed E-state index contributed by atoms with van der Waals surface area (Å²) in [7, 11) is 1.19. The molecule has 0 amide bonds. The van der Waals surface area contributed by atoms with Crippen molar-refractivity contribution in [3.05, 3.63) is 35.4 Å². The van der Waals surface area contributed by atoms with Crippen LogP contribution in [0.2, 0.25) is 0 Å². The van der Waals surface area contributed by atoms with Gasteiger partial charge in [0.15, 0.2) is 0 Å². The number of rotatable bonds is 0. The van der Waals surface area contributed by atoms with Gasteiger partial charge >= 0.3 is 0 Å². The standard InChI is InChI=1S/C8H8Si/c9-8-5-6-3-1-2-4-7(6)8/h1-5H,9H3. The van der Waals surface area contributed by atoms with Crippen LogP contribution in [0.25, 0.3) is 11.3 Å². The van der Waals surface area contributed by atoms with Crippen molar-refractivity contribution < 1.29 is 0 Å². The average molecular weight is 132 g/mol. The van der Waals surface area contributed by atoms with Gasteiger partial charge in [-0.3, -0.25) is 0 Å². The quantitative estimate of drug-likeness (QED) is 0.459. The highest BCUT2D eigenvalue weighted by Gasteiger charge is 2.08. The van der Waals surface area contributed by atoms with Gasteiger partial charge in [0.1, 0.15) is 0 Å². The smallest absolute Gasteiger partial charge is 0.0393 e. The zero-order valence-corrected chi connectivity index (χ0v) is 7.39. The van der Waals surface area contributed by atoms with E-state index in [1.54, 1.807) is 5.20 Å². The Bertz CT molecular complexity index is 274. The van der Waals surface area contributed by atoms with E-state index in [1.807, 2.05) is 0 Å². The molecule has 0 atom stereocenters. The van der Waals surface area contributed by atoms with Crippen molar-refractivity contribution in [1.82, 2.24) is 0 Å². The molecule has 1 aliphatic rings. The summed E-state index contributed by atoms with van der Waals surface area (Å²) in [4.78, 5) is 0. The first kappa shape index (κ1) is 5.00. The van der Waals surface area contributed by atoms with E-state index < -0.39 is 0 Å². The lowest BCUT2D eigenvalue weighted by molar-refractivity contribution is 1.56. The van der Waals surface area contributed by atoms with Crippen molar-refractivity contribution in [3.63, 3.8) is 0 Å². The molecule has 0 saturated carbocycles. The van der Waals surface area contributed by atoms with E-state index in [-0.39, 0.29) is 0 Å². The number of benzene rings is 1. The third kappa shape index (κ3) is 0.582. The molecule has 0 bridgehead atoms. The lowest BCUT2D eigenvalue weighted by atomic mass is 9.98. The van der Waals surface area contributed by atoms with Gasteiger partial charge in [0.05, 0.1) is 0 Å². The summed E-state index contributed by atoms with van der Waals surface area (Å²) in [5, 5.41) is 1.55. The molecule has 0 spiro atoms. The fraction of sp³-hybridized carbons (Fsp3) is 0. The topological polar surface area (TPSA) is 0 Å². The van der Waals surface area contributed by atoms with E-state index in [0.29, 0.717) is 0 Å². The summed E-state index contributed by atoms with van der Waals surface area (Å²) in [6.07, 6.45) is 2.27. The summed E-state index contributed by atoms with van der Waals surface area (Å²) in [5.74, 6) is 0. The van der Waals surface area contributed by atoms with Crippen LogP contribution in [0.4, 0.5) is 0 Å². The van der Waals surface area contributed by atoms with Gasteiger partial charge < -0.3 is 0 Å². The van der Waals surface area contributed by atoms with E-state index in [1.165, 1.54) is 21.4 Å². The molecular formula is C8H8Si. The summed E-state index contributed by atoms with van der Waals surface area (Å²) >= 11 is 0. The second-order valence-electron chi connectivity index (χ2n) is 2.41. The Balaban J connectivity index is 2.61. The fourth-order valence-electron chi connectivity index (χ4n) is 1.22. The Morgan fingerprint density at radius 3 is 2.44 bits per heavy atom. The summed E-state index contributed by atoms with van der Waals surface area (Å²) in [6.45, 7) is 0. The Morgan fingerprint density at radius 2 is 1.89 bits per heavy atom. The van der Waals surface area contributed by atoms with E-state index in [0.717, 1.165) is 0 Å². The van der Waals surface area contributed by atoms with Crippen LogP contribution in [0.1, 0.15) is 11.1 Å². The van der Waals surface area contributed by atoms with Crippen LogP contribution in [0.5, 0.6) is 0 Å². The first-order valence-electron chi connectivity index (χ1n) is 3.15. The molecule has 0 radical (unpaired) electrons. The third-order valence-electron chi connectivity index (χ3n) is 1.76. The van der Waals surface area contributed by atoms with Crippen LogP contribution >= 0.6 is 0 Å². The van der Waals surface area contributed by atoms with Crippen molar-refractivity contribution in [2.24, 2.45) is 0 Å². The Morgan fingerprint density at radius 1 is 1.11 bits per heavy atom. The number of hydrogen-bond acceptors (Lipinski definition) is 0. The molecule has 0 unspecified atom stereocenters. The number of fused-ring (bicyclic) bond motifs is 1.